The molecule has 0 aromatic heterocycles. The molecule has 0 aliphatic carbocycles. The Morgan fingerprint density at radius 2 is 1.41 bits per heavy atom. The summed E-state index contributed by atoms with van der Waals surface area (Å²) >= 11 is 0. The Kier molecular flexibility index (Phi) is 26.7. The van der Waals surface area contributed by atoms with Gasteiger partial charge in [0.25, 0.3) is 5.91 Å². The number of hydrogen-bond donors (Lipinski definition) is 2. The Morgan fingerprint density at radius 3 is 1.86 bits per heavy atom. The van der Waals surface area contributed by atoms with Crippen LogP contribution >= 0.6 is 0 Å². The van der Waals surface area contributed by atoms with E-state index in [1.165, 1.54) is 6.08 Å². The predicted molar refractivity (Wildman–Crippen MR) is 156 cm³/mol. The summed E-state index contributed by atoms with van der Waals surface area (Å²) in [7, 11) is 0. The van der Waals surface area contributed by atoms with Gasteiger partial charge in [-0.15, -0.1) is 0 Å². The quantitative estimate of drug-likeness (QED) is 0.0365. The van der Waals surface area contributed by atoms with Crippen LogP contribution in [-0.4, -0.2) is 66.1 Å². The summed E-state index contributed by atoms with van der Waals surface area (Å²) in [5.41, 5.74) is -0.359. The SMILES string of the molecule is C/C=C\C(=O)N(C=O)CCCCCC(=O)NCC(C)(C)OCC.CC.CC.O=C(CCO)Oc1c(F)c(F)c(F)c(F)c1F. The van der Waals surface area contributed by atoms with Crippen LogP contribution in [0.5, 0.6) is 5.75 Å². The minimum atomic E-state index is -2.35. The monoisotopic (exact) mass is 642 g/mol. The number of rotatable bonds is 15. The summed E-state index contributed by atoms with van der Waals surface area (Å²) in [6.45, 7) is 16.3. The van der Waals surface area contributed by atoms with E-state index in [4.69, 9.17) is 9.84 Å². The largest absolute Gasteiger partial charge is 0.420 e. The van der Waals surface area contributed by atoms with E-state index in [9.17, 15) is 41.1 Å². The second-order valence-electron chi connectivity index (χ2n) is 8.76. The number of halogens is 5. The van der Waals surface area contributed by atoms with Gasteiger partial charge in [0, 0.05) is 26.1 Å². The third-order valence-electron chi connectivity index (χ3n) is 4.97. The molecule has 1 rings (SSSR count). The van der Waals surface area contributed by atoms with Crippen molar-refractivity contribution in [2.24, 2.45) is 0 Å². The average Bonchev–Trinajstić information content (AvgIpc) is 3.00. The van der Waals surface area contributed by atoms with E-state index in [1.54, 1.807) is 13.0 Å². The lowest BCUT2D eigenvalue weighted by atomic mass is 10.1. The van der Waals surface area contributed by atoms with Gasteiger partial charge in [0.15, 0.2) is 0 Å². The molecule has 2 N–H and O–H groups in total. The number of allylic oxidation sites excluding steroid dienone is 1. The Morgan fingerprint density at radius 1 is 0.886 bits per heavy atom. The van der Waals surface area contributed by atoms with Crippen molar-refractivity contribution in [3.8, 4) is 5.75 Å². The number of nitrogens with one attached hydrogen (secondary N) is 1. The van der Waals surface area contributed by atoms with Gasteiger partial charge < -0.3 is 19.9 Å². The zero-order chi connectivity index (χ0) is 34.9. The predicted octanol–water partition coefficient (Wildman–Crippen LogP) is 5.76. The van der Waals surface area contributed by atoms with Crippen molar-refractivity contribution < 1.29 is 55.7 Å². The molecule has 0 saturated carbocycles. The third-order valence-corrected chi connectivity index (χ3v) is 4.97. The highest BCUT2D eigenvalue weighted by atomic mass is 19.2. The fourth-order valence-electron chi connectivity index (χ4n) is 2.97. The minimum absolute atomic E-state index is 0.00462. The van der Waals surface area contributed by atoms with E-state index in [0.717, 1.165) is 17.7 Å². The molecule has 14 heteroatoms. The maximum atomic E-state index is 12.9. The maximum absolute atomic E-state index is 12.9. The number of esters is 1. The summed E-state index contributed by atoms with van der Waals surface area (Å²) in [5.74, 6) is -14.6. The van der Waals surface area contributed by atoms with Crippen LogP contribution in [0.2, 0.25) is 0 Å². The molecule has 1 aromatic rings. The normalized spacial score (nSPS) is 10.3. The standard InChI is InChI=1S/C17H30N2O4.C9H5F5O3.2C2H6/c1-5-10-16(22)19(14-20)12-9-7-8-11-15(21)18-13-17(3,4)23-6-2;10-4-5(11)7(13)9(8(14)6(4)12)17-3(16)1-2-15;2*1-2/h5,10,14H,6-9,11-13H2,1-4H3,(H,18,21);15H,1-2H2;2*1-2H3/b10-5-;;;. The van der Waals surface area contributed by atoms with Crippen LogP contribution in [0.4, 0.5) is 22.0 Å². The minimum Gasteiger partial charge on any atom is -0.420 e. The number of nitrogens with zero attached hydrogens (tertiary/aromatic N) is 1. The first-order valence-corrected chi connectivity index (χ1v) is 14.4. The summed E-state index contributed by atoms with van der Waals surface area (Å²) in [6.07, 6.45) is 5.52. The lowest BCUT2D eigenvalue weighted by Crippen LogP contribution is -2.40. The van der Waals surface area contributed by atoms with E-state index >= 15 is 0 Å². The number of carbonyl (C=O) groups is 4. The molecule has 0 spiro atoms. The van der Waals surface area contributed by atoms with Crippen LogP contribution in [-0.2, 0) is 23.9 Å². The summed E-state index contributed by atoms with van der Waals surface area (Å²) in [5, 5.41) is 11.2. The van der Waals surface area contributed by atoms with Crippen LogP contribution < -0.4 is 10.1 Å². The fraction of sp³-hybridized carbons (Fsp3) is 0.600. The molecule has 0 saturated heterocycles. The van der Waals surface area contributed by atoms with Gasteiger partial charge in [-0.3, -0.25) is 24.1 Å². The highest BCUT2D eigenvalue weighted by Crippen LogP contribution is 2.29. The van der Waals surface area contributed by atoms with Gasteiger partial charge in [0.2, 0.25) is 47.2 Å². The molecule has 44 heavy (non-hydrogen) atoms. The van der Waals surface area contributed by atoms with Gasteiger partial charge in [-0.1, -0.05) is 40.2 Å². The zero-order valence-electron chi connectivity index (χ0n) is 26.8. The number of aliphatic hydroxyl groups excluding tert-OH is 1. The molecule has 0 aliphatic rings. The molecule has 0 aliphatic heterocycles. The van der Waals surface area contributed by atoms with Crippen LogP contribution in [0.1, 0.15) is 87.5 Å². The van der Waals surface area contributed by atoms with Crippen molar-refractivity contribution in [2.45, 2.75) is 93.1 Å². The van der Waals surface area contributed by atoms with E-state index < -0.39 is 53.8 Å². The summed E-state index contributed by atoms with van der Waals surface area (Å²) in [6, 6.07) is 0. The molecule has 0 unspecified atom stereocenters. The van der Waals surface area contributed by atoms with Crippen LogP contribution in [0.3, 0.4) is 0 Å². The molecule has 1 aromatic carbocycles. The third kappa shape index (κ3) is 18.3. The van der Waals surface area contributed by atoms with Gasteiger partial charge in [-0.25, -0.2) is 13.2 Å². The molecule has 254 valence electrons. The first-order valence-electron chi connectivity index (χ1n) is 14.4. The van der Waals surface area contributed by atoms with Gasteiger partial charge >= 0.3 is 5.97 Å². The Hall–Kier alpha value is -3.39. The number of aliphatic hydroxyl groups is 1. The molecule has 9 nitrogen and oxygen atoms in total. The zero-order valence-corrected chi connectivity index (χ0v) is 26.8. The van der Waals surface area contributed by atoms with Crippen LogP contribution in [0, 0.1) is 29.1 Å². The van der Waals surface area contributed by atoms with Crippen molar-refractivity contribution in [2.75, 3.05) is 26.3 Å². The number of unbranched alkanes of at least 4 members (excludes halogenated alkanes) is 2. The van der Waals surface area contributed by atoms with Crippen molar-refractivity contribution in [3.63, 3.8) is 0 Å². The Labute approximate surface area is 256 Å². The second-order valence-corrected chi connectivity index (χ2v) is 8.76. The smallest absolute Gasteiger partial charge is 0.313 e. The average molecular weight is 643 g/mol. The van der Waals surface area contributed by atoms with E-state index in [0.29, 0.717) is 38.9 Å². The highest BCUT2D eigenvalue weighted by Gasteiger charge is 2.28. The number of benzene rings is 1. The van der Waals surface area contributed by atoms with Gasteiger partial charge in [0.05, 0.1) is 18.6 Å². The topological polar surface area (TPSA) is 122 Å². The maximum Gasteiger partial charge on any atom is 0.313 e. The Balaban J connectivity index is -0.000000707. The molecule has 0 radical (unpaired) electrons. The van der Waals surface area contributed by atoms with Gasteiger partial charge in [-0.2, -0.15) is 8.78 Å². The number of hydrogen-bond acceptors (Lipinski definition) is 7. The molecular weight excluding hydrogens is 595 g/mol. The van der Waals surface area contributed by atoms with Crippen molar-refractivity contribution >= 4 is 24.2 Å². The van der Waals surface area contributed by atoms with E-state index in [-0.39, 0.29) is 17.4 Å². The second kappa shape index (κ2) is 26.1. The van der Waals surface area contributed by atoms with Crippen LogP contribution in [0.15, 0.2) is 12.2 Å². The molecule has 0 bridgehead atoms. The summed E-state index contributed by atoms with van der Waals surface area (Å²) in [4.78, 5) is 46.0. The molecule has 0 atom stereocenters. The van der Waals surface area contributed by atoms with E-state index in [1.807, 2.05) is 48.5 Å². The lowest BCUT2D eigenvalue weighted by Gasteiger charge is -2.24. The highest BCUT2D eigenvalue weighted by molar-refractivity contribution is 5.94. The molecule has 0 fully saturated rings. The van der Waals surface area contributed by atoms with Crippen LogP contribution in [0.25, 0.3) is 0 Å². The van der Waals surface area contributed by atoms with E-state index in [2.05, 4.69) is 10.1 Å². The van der Waals surface area contributed by atoms with Crippen molar-refractivity contribution in [1.82, 2.24) is 10.2 Å². The first kappa shape index (κ1) is 45.0. The lowest BCUT2D eigenvalue weighted by molar-refractivity contribution is -0.136. The summed E-state index contributed by atoms with van der Waals surface area (Å²) < 4.78 is 73.2. The number of ether oxygens (including phenoxy) is 2. The molecule has 3 amide bonds. The van der Waals surface area contributed by atoms with Gasteiger partial charge in [0.1, 0.15) is 0 Å². The Bertz CT molecular complexity index is 1010. The number of amides is 3. The number of carbonyl (C=O) groups excluding carboxylic acids is 4. The first-order chi connectivity index (χ1) is 20.8. The van der Waals surface area contributed by atoms with Gasteiger partial charge in [-0.05, 0) is 46.6 Å². The van der Waals surface area contributed by atoms with Crippen molar-refractivity contribution in [1.29, 1.82) is 0 Å². The molecule has 0 heterocycles. The van der Waals surface area contributed by atoms with Crippen molar-refractivity contribution in [3.05, 3.63) is 41.2 Å². The fourth-order valence-corrected chi connectivity index (χ4v) is 2.97. The molecular formula is C30H47F5N2O7. The number of imide groups is 1.